The molecule has 1 unspecified atom stereocenters. The molecule has 1 fully saturated rings. The van der Waals surface area contributed by atoms with Crippen molar-refractivity contribution >= 4 is 5.91 Å². The van der Waals surface area contributed by atoms with E-state index in [0.29, 0.717) is 41.6 Å². The number of carbonyl (C=O) groups is 1. The van der Waals surface area contributed by atoms with Gasteiger partial charge in [-0.3, -0.25) is 4.79 Å². The summed E-state index contributed by atoms with van der Waals surface area (Å²) in [5.41, 5.74) is 4.98. The fourth-order valence-electron chi connectivity index (χ4n) is 5.68. The SMILES string of the molecule is Cc1ccc(-c2noc(-c3ccc(OC(C)C)c(C#N)c3)n2)c2c1C1(CCC(=O)N1CCO)CC2. The molecule has 1 aliphatic heterocycles. The molecule has 5 rings (SSSR count). The number of nitriles is 1. The first-order valence-electron chi connectivity index (χ1n) is 12.0. The van der Waals surface area contributed by atoms with Gasteiger partial charge in [-0.15, -0.1) is 0 Å². The summed E-state index contributed by atoms with van der Waals surface area (Å²) in [5.74, 6) is 1.42. The van der Waals surface area contributed by atoms with Gasteiger partial charge in [0.25, 0.3) is 5.89 Å². The van der Waals surface area contributed by atoms with Crippen molar-refractivity contribution in [1.82, 2.24) is 15.0 Å². The lowest BCUT2D eigenvalue weighted by Crippen LogP contribution is -2.43. The van der Waals surface area contributed by atoms with Crippen LogP contribution in [-0.2, 0) is 16.8 Å². The normalized spacial score (nSPS) is 19.0. The van der Waals surface area contributed by atoms with Crippen LogP contribution >= 0.6 is 0 Å². The van der Waals surface area contributed by atoms with Gasteiger partial charge in [-0.25, -0.2) is 0 Å². The number of aromatic nitrogens is 2. The third-order valence-corrected chi connectivity index (χ3v) is 7.05. The Labute approximate surface area is 204 Å². The van der Waals surface area contributed by atoms with Gasteiger partial charge in [0.1, 0.15) is 11.8 Å². The number of aryl methyl sites for hydroxylation is 1. The number of fused-ring (bicyclic) bond motifs is 2. The standard InChI is InChI=1S/C27H28N4O4/c1-16(2)34-22-7-5-18(14-19(22)15-28)26-29-25(30-35-26)21-6-4-17(3)24-20(21)8-10-27(24)11-9-23(33)31(27)12-13-32/h4-7,14,16,32H,8-13H2,1-3H3. The molecule has 0 bridgehead atoms. The molecule has 0 radical (unpaired) electrons. The number of carbonyl (C=O) groups excluding carboxylic acids is 1. The van der Waals surface area contributed by atoms with Crippen molar-refractivity contribution in [2.45, 2.75) is 58.1 Å². The van der Waals surface area contributed by atoms with Gasteiger partial charge in [0.15, 0.2) is 0 Å². The molecule has 0 saturated carbocycles. The molecule has 35 heavy (non-hydrogen) atoms. The van der Waals surface area contributed by atoms with E-state index >= 15 is 0 Å². The second kappa shape index (κ2) is 8.82. The molecular weight excluding hydrogens is 444 g/mol. The van der Waals surface area contributed by atoms with Crippen LogP contribution in [0.1, 0.15) is 55.4 Å². The maximum atomic E-state index is 12.6. The Morgan fingerprint density at radius 1 is 1.26 bits per heavy atom. The van der Waals surface area contributed by atoms with Gasteiger partial charge in [0, 0.05) is 24.1 Å². The highest BCUT2D eigenvalue weighted by Crippen LogP contribution is 2.52. The van der Waals surface area contributed by atoms with Gasteiger partial charge in [-0.2, -0.15) is 10.2 Å². The maximum absolute atomic E-state index is 12.6. The average molecular weight is 473 g/mol. The quantitative estimate of drug-likeness (QED) is 0.574. The molecule has 3 aromatic rings. The fraction of sp³-hybridized carbons (Fsp3) is 0.407. The van der Waals surface area contributed by atoms with Gasteiger partial charge in [0.05, 0.1) is 23.8 Å². The number of nitrogens with zero attached hydrogens (tertiary/aromatic N) is 4. The first-order valence-corrected chi connectivity index (χ1v) is 12.0. The van der Waals surface area contributed by atoms with Gasteiger partial charge < -0.3 is 19.3 Å². The predicted molar refractivity (Wildman–Crippen MR) is 128 cm³/mol. The van der Waals surface area contributed by atoms with Crippen molar-refractivity contribution in [2.24, 2.45) is 0 Å². The van der Waals surface area contributed by atoms with Crippen LogP contribution in [0.2, 0.25) is 0 Å². The minimum absolute atomic E-state index is 0.0432. The third kappa shape index (κ3) is 3.76. The molecule has 1 aliphatic carbocycles. The first-order chi connectivity index (χ1) is 16.9. The number of ether oxygens (including phenoxy) is 1. The lowest BCUT2D eigenvalue weighted by molar-refractivity contribution is -0.132. The molecule has 2 aliphatic rings. The monoisotopic (exact) mass is 472 g/mol. The van der Waals surface area contributed by atoms with E-state index in [1.54, 1.807) is 18.2 Å². The molecule has 8 nitrogen and oxygen atoms in total. The van der Waals surface area contributed by atoms with E-state index in [-0.39, 0.29) is 24.2 Å². The van der Waals surface area contributed by atoms with E-state index in [4.69, 9.17) is 9.26 Å². The topological polar surface area (TPSA) is 112 Å². The highest BCUT2D eigenvalue weighted by atomic mass is 16.5. The highest BCUT2D eigenvalue weighted by Gasteiger charge is 2.51. The minimum atomic E-state index is -0.379. The molecular formula is C27H28N4O4. The molecule has 1 aromatic heterocycles. The molecule has 2 aromatic carbocycles. The van der Waals surface area contributed by atoms with Crippen molar-refractivity contribution in [3.63, 3.8) is 0 Å². The summed E-state index contributed by atoms with van der Waals surface area (Å²) in [4.78, 5) is 19.2. The Hall–Kier alpha value is -3.70. The second-order valence-corrected chi connectivity index (χ2v) is 9.50. The maximum Gasteiger partial charge on any atom is 0.258 e. The van der Waals surface area contributed by atoms with Crippen LogP contribution in [0, 0.1) is 18.3 Å². The Bertz CT molecular complexity index is 1340. The summed E-state index contributed by atoms with van der Waals surface area (Å²) in [7, 11) is 0. The number of hydrogen-bond donors (Lipinski definition) is 1. The molecule has 1 saturated heterocycles. The molecule has 8 heteroatoms. The second-order valence-electron chi connectivity index (χ2n) is 9.50. The highest BCUT2D eigenvalue weighted by molar-refractivity contribution is 5.81. The molecule has 1 N–H and O–H groups in total. The number of benzene rings is 2. The van der Waals surface area contributed by atoms with E-state index in [2.05, 4.69) is 23.1 Å². The van der Waals surface area contributed by atoms with E-state index in [0.717, 1.165) is 41.5 Å². The lowest BCUT2D eigenvalue weighted by atomic mass is 9.85. The van der Waals surface area contributed by atoms with Crippen LogP contribution in [0.5, 0.6) is 5.75 Å². The van der Waals surface area contributed by atoms with Crippen LogP contribution in [0.3, 0.4) is 0 Å². The lowest BCUT2D eigenvalue weighted by Gasteiger charge is -2.37. The zero-order chi connectivity index (χ0) is 24.7. The summed E-state index contributed by atoms with van der Waals surface area (Å²) in [6, 6.07) is 11.5. The average Bonchev–Trinajstić information content (AvgIpc) is 3.55. The number of aliphatic hydroxyl groups is 1. The summed E-state index contributed by atoms with van der Waals surface area (Å²) < 4.78 is 11.3. The van der Waals surface area contributed by atoms with Crippen LogP contribution in [0.15, 0.2) is 34.9 Å². The number of rotatable bonds is 6. The van der Waals surface area contributed by atoms with Gasteiger partial charge in [0.2, 0.25) is 11.7 Å². The third-order valence-electron chi connectivity index (χ3n) is 7.05. The summed E-state index contributed by atoms with van der Waals surface area (Å²) in [6.07, 6.45) is 2.82. The van der Waals surface area contributed by atoms with Crippen LogP contribution in [0.25, 0.3) is 22.8 Å². The van der Waals surface area contributed by atoms with E-state index in [9.17, 15) is 15.2 Å². The molecule has 1 amide bonds. The number of aliphatic hydroxyl groups excluding tert-OH is 1. The van der Waals surface area contributed by atoms with Crippen molar-refractivity contribution in [2.75, 3.05) is 13.2 Å². The Morgan fingerprint density at radius 3 is 2.80 bits per heavy atom. The zero-order valence-corrected chi connectivity index (χ0v) is 20.2. The fourth-order valence-corrected chi connectivity index (χ4v) is 5.68. The Morgan fingerprint density at radius 2 is 2.06 bits per heavy atom. The number of amides is 1. The summed E-state index contributed by atoms with van der Waals surface area (Å²) in [6.45, 7) is 6.18. The first kappa shape index (κ1) is 23.1. The van der Waals surface area contributed by atoms with Gasteiger partial charge in [-0.05, 0) is 74.9 Å². The van der Waals surface area contributed by atoms with Gasteiger partial charge in [-0.1, -0.05) is 17.3 Å². The summed E-state index contributed by atoms with van der Waals surface area (Å²) >= 11 is 0. The Balaban J connectivity index is 1.53. The van der Waals surface area contributed by atoms with Crippen molar-refractivity contribution in [3.8, 4) is 34.7 Å². The molecule has 2 heterocycles. The van der Waals surface area contributed by atoms with E-state index in [1.807, 2.05) is 30.9 Å². The largest absolute Gasteiger partial charge is 0.490 e. The number of hydrogen-bond acceptors (Lipinski definition) is 7. The molecule has 180 valence electrons. The number of β-amino-alcohol motifs (C(OH)–C–C–N with tert-alkyl or cyclic N) is 1. The van der Waals surface area contributed by atoms with Crippen LogP contribution in [-0.4, -0.2) is 45.3 Å². The van der Waals surface area contributed by atoms with Crippen LogP contribution in [0.4, 0.5) is 0 Å². The van der Waals surface area contributed by atoms with Crippen molar-refractivity contribution in [1.29, 1.82) is 5.26 Å². The van der Waals surface area contributed by atoms with Gasteiger partial charge >= 0.3 is 0 Å². The van der Waals surface area contributed by atoms with Crippen molar-refractivity contribution < 1.29 is 19.2 Å². The summed E-state index contributed by atoms with van der Waals surface area (Å²) in [5, 5.41) is 23.4. The van der Waals surface area contributed by atoms with Crippen LogP contribution < -0.4 is 4.74 Å². The number of likely N-dealkylation sites (tertiary alicyclic amines) is 1. The predicted octanol–water partition coefficient (Wildman–Crippen LogP) is 4.13. The zero-order valence-electron chi connectivity index (χ0n) is 20.2. The van der Waals surface area contributed by atoms with E-state index < -0.39 is 0 Å². The van der Waals surface area contributed by atoms with Crippen molar-refractivity contribution in [3.05, 3.63) is 52.6 Å². The smallest absolute Gasteiger partial charge is 0.258 e. The molecule has 1 spiro atoms. The minimum Gasteiger partial charge on any atom is -0.490 e. The molecule has 1 atom stereocenters. The Kier molecular flexibility index (Phi) is 5.81. The van der Waals surface area contributed by atoms with E-state index in [1.165, 1.54) is 0 Å².